The van der Waals surface area contributed by atoms with Gasteiger partial charge in [0.1, 0.15) is 5.78 Å². The lowest BCUT2D eigenvalue weighted by atomic mass is 9.85. The lowest BCUT2D eigenvalue weighted by Crippen LogP contribution is -2.39. The first-order valence-corrected chi connectivity index (χ1v) is 5.69. The van der Waals surface area contributed by atoms with E-state index in [2.05, 4.69) is 18.3 Å². The summed E-state index contributed by atoms with van der Waals surface area (Å²) in [6.45, 7) is 3.46. The molecular weight excluding hydrogens is 174 g/mol. The first-order valence-electron chi connectivity index (χ1n) is 5.69. The van der Waals surface area contributed by atoms with E-state index >= 15 is 0 Å². The summed E-state index contributed by atoms with van der Waals surface area (Å²) in [5.74, 6) is 1.23. The van der Waals surface area contributed by atoms with Gasteiger partial charge < -0.3 is 5.32 Å². The third-order valence-electron chi connectivity index (χ3n) is 3.40. The molecule has 1 saturated heterocycles. The summed E-state index contributed by atoms with van der Waals surface area (Å²) < 4.78 is 0. The number of allylic oxidation sites excluding steroid dienone is 1. The molecule has 1 aliphatic heterocycles. The summed E-state index contributed by atoms with van der Waals surface area (Å²) in [5.41, 5.74) is 1.48. The Morgan fingerprint density at radius 3 is 2.93 bits per heavy atom. The minimum Gasteiger partial charge on any atom is -0.310 e. The summed E-state index contributed by atoms with van der Waals surface area (Å²) in [5, 5.41) is 3.55. The number of carbonyl (C=O) groups is 1. The van der Waals surface area contributed by atoms with Crippen LogP contribution < -0.4 is 5.32 Å². The Morgan fingerprint density at radius 1 is 1.43 bits per heavy atom. The van der Waals surface area contributed by atoms with Crippen molar-refractivity contribution in [3.8, 4) is 0 Å². The molecule has 2 aliphatic rings. The van der Waals surface area contributed by atoms with Gasteiger partial charge in [0.2, 0.25) is 0 Å². The lowest BCUT2D eigenvalue weighted by molar-refractivity contribution is -0.118. The minimum atomic E-state index is 0.401. The number of rotatable bonds is 1. The Bertz CT molecular complexity index is 257. The molecule has 0 amide bonds. The Morgan fingerprint density at radius 2 is 2.29 bits per heavy atom. The Labute approximate surface area is 85.8 Å². The van der Waals surface area contributed by atoms with Gasteiger partial charge in [0, 0.05) is 18.9 Å². The molecule has 1 N–H and O–H groups in total. The Kier molecular flexibility index (Phi) is 3.02. The van der Waals surface area contributed by atoms with Gasteiger partial charge in [-0.15, -0.1) is 0 Å². The fourth-order valence-corrected chi connectivity index (χ4v) is 2.44. The second-order valence-electron chi connectivity index (χ2n) is 4.66. The number of piperidine rings is 1. The summed E-state index contributed by atoms with van der Waals surface area (Å²) in [4.78, 5) is 11.1. The maximum absolute atomic E-state index is 11.1. The van der Waals surface area contributed by atoms with Crippen LogP contribution in [0.3, 0.4) is 0 Å². The van der Waals surface area contributed by atoms with E-state index in [1.807, 2.05) is 0 Å². The first-order chi connectivity index (χ1) is 6.75. The van der Waals surface area contributed by atoms with E-state index in [1.54, 1.807) is 0 Å². The van der Waals surface area contributed by atoms with Crippen molar-refractivity contribution in [1.82, 2.24) is 5.32 Å². The average molecular weight is 193 g/mol. The highest BCUT2D eigenvalue weighted by Gasteiger charge is 2.23. The number of Topliss-reactive ketones (excluding diaryl/α,β-unsaturated/α-hetero) is 1. The largest absolute Gasteiger partial charge is 0.310 e. The number of carbonyl (C=O) groups excluding carboxylic acids is 1. The van der Waals surface area contributed by atoms with Crippen LogP contribution in [0, 0.1) is 5.92 Å². The van der Waals surface area contributed by atoms with Gasteiger partial charge >= 0.3 is 0 Å². The van der Waals surface area contributed by atoms with Crippen molar-refractivity contribution < 1.29 is 4.79 Å². The second-order valence-corrected chi connectivity index (χ2v) is 4.66. The van der Waals surface area contributed by atoms with Crippen molar-refractivity contribution in [3.05, 3.63) is 11.6 Å². The van der Waals surface area contributed by atoms with Gasteiger partial charge in [-0.2, -0.15) is 0 Å². The van der Waals surface area contributed by atoms with Crippen molar-refractivity contribution in [1.29, 1.82) is 0 Å². The van der Waals surface area contributed by atoms with Crippen molar-refractivity contribution in [2.24, 2.45) is 5.92 Å². The normalized spacial score (nSPS) is 34.1. The Balaban J connectivity index is 1.97. The van der Waals surface area contributed by atoms with E-state index in [-0.39, 0.29) is 0 Å². The molecule has 0 saturated carbocycles. The third-order valence-corrected chi connectivity index (χ3v) is 3.40. The zero-order valence-electron chi connectivity index (χ0n) is 8.88. The molecule has 1 heterocycles. The van der Waals surface area contributed by atoms with E-state index in [9.17, 15) is 4.79 Å². The third kappa shape index (κ3) is 2.24. The average Bonchev–Trinajstić information content (AvgIpc) is 2.19. The van der Waals surface area contributed by atoms with E-state index in [0.717, 1.165) is 25.3 Å². The number of hydrogen-bond donors (Lipinski definition) is 1. The van der Waals surface area contributed by atoms with Crippen molar-refractivity contribution in [2.45, 2.75) is 45.1 Å². The van der Waals surface area contributed by atoms with Gasteiger partial charge in [-0.25, -0.2) is 0 Å². The lowest BCUT2D eigenvalue weighted by Gasteiger charge is -2.31. The van der Waals surface area contributed by atoms with Gasteiger partial charge in [0.05, 0.1) is 0 Å². The van der Waals surface area contributed by atoms with Crippen LogP contribution in [0.4, 0.5) is 0 Å². The molecule has 2 unspecified atom stereocenters. The highest BCUT2D eigenvalue weighted by molar-refractivity contribution is 5.81. The van der Waals surface area contributed by atoms with Gasteiger partial charge in [0.25, 0.3) is 0 Å². The zero-order valence-corrected chi connectivity index (χ0v) is 8.88. The SMILES string of the molecule is CC1CCNC(C2=CCC(=O)CC2)C1. The van der Waals surface area contributed by atoms with Gasteiger partial charge in [-0.05, 0) is 31.7 Å². The predicted molar refractivity (Wildman–Crippen MR) is 57.1 cm³/mol. The smallest absolute Gasteiger partial charge is 0.136 e. The molecule has 0 aromatic rings. The van der Waals surface area contributed by atoms with E-state index in [1.165, 1.54) is 18.4 Å². The van der Waals surface area contributed by atoms with Gasteiger partial charge in [0.15, 0.2) is 0 Å². The molecule has 1 fully saturated rings. The highest BCUT2D eigenvalue weighted by Crippen LogP contribution is 2.25. The summed E-state index contributed by atoms with van der Waals surface area (Å²) in [7, 11) is 0. The van der Waals surface area contributed by atoms with Crippen LogP contribution >= 0.6 is 0 Å². The molecule has 14 heavy (non-hydrogen) atoms. The highest BCUT2D eigenvalue weighted by atomic mass is 16.1. The van der Waals surface area contributed by atoms with Crippen LogP contribution in [-0.4, -0.2) is 18.4 Å². The number of nitrogens with one attached hydrogen (secondary N) is 1. The van der Waals surface area contributed by atoms with Crippen molar-refractivity contribution in [3.63, 3.8) is 0 Å². The van der Waals surface area contributed by atoms with Crippen LogP contribution in [0.15, 0.2) is 11.6 Å². The molecule has 0 aromatic carbocycles. The molecule has 2 rings (SSSR count). The Hall–Kier alpha value is -0.630. The number of ketones is 1. The van der Waals surface area contributed by atoms with E-state index in [0.29, 0.717) is 18.2 Å². The molecular formula is C12H19NO. The molecule has 2 heteroatoms. The molecule has 0 aromatic heterocycles. The van der Waals surface area contributed by atoms with Crippen LogP contribution in [-0.2, 0) is 4.79 Å². The molecule has 0 radical (unpaired) electrons. The van der Waals surface area contributed by atoms with Gasteiger partial charge in [-0.1, -0.05) is 18.6 Å². The van der Waals surface area contributed by atoms with Crippen LogP contribution in [0.25, 0.3) is 0 Å². The monoisotopic (exact) mass is 193 g/mol. The summed E-state index contributed by atoms with van der Waals surface area (Å²) >= 11 is 0. The molecule has 0 bridgehead atoms. The molecule has 1 aliphatic carbocycles. The van der Waals surface area contributed by atoms with Crippen LogP contribution in [0.5, 0.6) is 0 Å². The van der Waals surface area contributed by atoms with Crippen molar-refractivity contribution >= 4 is 5.78 Å². The molecule has 2 nitrogen and oxygen atoms in total. The fourth-order valence-electron chi connectivity index (χ4n) is 2.44. The maximum atomic E-state index is 11.1. The molecule has 0 spiro atoms. The van der Waals surface area contributed by atoms with Crippen LogP contribution in [0.1, 0.15) is 39.0 Å². The van der Waals surface area contributed by atoms with E-state index in [4.69, 9.17) is 0 Å². The van der Waals surface area contributed by atoms with Crippen LogP contribution in [0.2, 0.25) is 0 Å². The topological polar surface area (TPSA) is 29.1 Å². The second kappa shape index (κ2) is 4.26. The first kappa shape index (κ1) is 9.91. The minimum absolute atomic E-state index is 0.401. The fraction of sp³-hybridized carbons (Fsp3) is 0.750. The number of hydrogen-bond acceptors (Lipinski definition) is 2. The van der Waals surface area contributed by atoms with Crippen molar-refractivity contribution in [2.75, 3.05) is 6.54 Å². The predicted octanol–water partition coefficient (Wildman–Crippen LogP) is 2.05. The maximum Gasteiger partial charge on any atom is 0.136 e. The summed E-state index contributed by atoms with van der Waals surface area (Å²) in [6, 6.07) is 0.562. The van der Waals surface area contributed by atoms with E-state index < -0.39 is 0 Å². The zero-order chi connectivity index (χ0) is 9.97. The quantitative estimate of drug-likeness (QED) is 0.646. The molecule has 78 valence electrons. The summed E-state index contributed by atoms with van der Waals surface area (Å²) in [6.07, 6.45) is 7.12. The van der Waals surface area contributed by atoms with Gasteiger partial charge in [-0.3, -0.25) is 4.79 Å². The standard InChI is InChI=1S/C12H19NO/c1-9-6-7-13-12(8-9)10-2-4-11(14)5-3-10/h2,9,12-13H,3-8H2,1H3. The molecule has 2 atom stereocenters.